The molecule has 0 aromatic heterocycles. The molecule has 3 aromatic carbocycles. The fourth-order valence-corrected chi connectivity index (χ4v) is 5.44. The zero-order valence-electron chi connectivity index (χ0n) is 17.5. The van der Waals surface area contributed by atoms with Crippen molar-refractivity contribution in [3.05, 3.63) is 102 Å². The smallest absolute Gasteiger partial charge is 0.243 e. The lowest BCUT2D eigenvalue weighted by Crippen LogP contribution is -2.40. The highest BCUT2D eigenvalue weighted by molar-refractivity contribution is 7.89. The molecule has 0 radical (unpaired) electrons. The van der Waals surface area contributed by atoms with Crippen LogP contribution in [0, 0.1) is 17.6 Å². The zero-order valence-corrected chi connectivity index (χ0v) is 18.3. The first kappa shape index (κ1) is 22.3. The molecule has 32 heavy (non-hydrogen) atoms. The van der Waals surface area contributed by atoms with Crippen LogP contribution in [-0.2, 0) is 16.6 Å². The molecule has 0 N–H and O–H groups in total. The third kappa shape index (κ3) is 5.11. The highest BCUT2D eigenvalue weighted by Gasteiger charge is 2.31. The maximum atomic E-state index is 13.5. The summed E-state index contributed by atoms with van der Waals surface area (Å²) in [6.07, 6.45) is 1.23. The van der Waals surface area contributed by atoms with Gasteiger partial charge in [0.2, 0.25) is 10.0 Å². The van der Waals surface area contributed by atoms with Gasteiger partial charge >= 0.3 is 0 Å². The third-order valence-electron chi connectivity index (χ3n) is 5.71. The van der Waals surface area contributed by atoms with Gasteiger partial charge in [0, 0.05) is 24.7 Å². The van der Waals surface area contributed by atoms with Gasteiger partial charge in [-0.2, -0.15) is 4.31 Å². The Labute approximate surface area is 187 Å². The second-order valence-electron chi connectivity index (χ2n) is 7.83. The van der Waals surface area contributed by atoms with Crippen LogP contribution in [0.3, 0.4) is 0 Å². The van der Waals surface area contributed by atoms with Gasteiger partial charge in [-0.3, -0.25) is 4.99 Å². The van der Waals surface area contributed by atoms with Crippen molar-refractivity contribution in [2.45, 2.75) is 24.3 Å². The lowest BCUT2D eigenvalue weighted by Gasteiger charge is -2.32. The largest absolute Gasteiger partial charge is 0.284 e. The average molecular weight is 455 g/mol. The molecule has 3 aromatic rings. The number of halogens is 2. The molecule has 0 spiro atoms. The Kier molecular flexibility index (Phi) is 6.77. The second kappa shape index (κ2) is 9.71. The molecule has 0 saturated carbocycles. The molecule has 166 valence electrons. The third-order valence-corrected chi connectivity index (χ3v) is 7.62. The Balaban J connectivity index is 1.54. The van der Waals surface area contributed by atoms with Crippen LogP contribution < -0.4 is 0 Å². The fraction of sp³-hybridized carbons (Fsp3) is 0.240. The number of aliphatic imine (C=N–C) groups is 1. The van der Waals surface area contributed by atoms with Crippen LogP contribution >= 0.6 is 0 Å². The Hall–Kier alpha value is -2.90. The van der Waals surface area contributed by atoms with E-state index in [1.165, 1.54) is 28.6 Å². The highest BCUT2D eigenvalue weighted by Crippen LogP contribution is 2.27. The summed E-state index contributed by atoms with van der Waals surface area (Å²) < 4.78 is 54.1. The molecule has 0 aliphatic carbocycles. The Morgan fingerprint density at radius 3 is 2.00 bits per heavy atom. The molecule has 1 aliphatic heterocycles. The topological polar surface area (TPSA) is 49.7 Å². The summed E-state index contributed by atoms with van der Waals surface area (Å²) in [5, 5.41) is 0. The van der Waals surface area contributed by atoms with Crippen molar-refractivity contribution in [1.82, 2.24) is 4.31 Å². The van der Waals surface area contributed by atoms with Crippen molar-refractivity contribution in [3.63, 3.8) is 0 Å². The van der Waals surface area contributed by atoms with Gasteiger partial charge in [-0.1, -0.05) is 42.5 Å². The number of sulfonamides is 1. The van der Waals surface area contributed by atoms with Crippen LogP contribution in [0.4, 0.5) is 8.78 Å². The quantitative estimate of drug-likeness (QED) is 0.489. The summed E-state index contributed by atoms with van der Waals surface area (Å²) in [6.45, 7) is 1.15. The zero-order chi connectivity index (χ0) is 22.6. The molecule has 0 amide bonds. The van der Waals surface area contributed by atoms with Gasteiger partial charge in [-0.15, -0.1) is 0 Å². The molecule has 0 bridgehead atoms. The van der Waals surface area contributed by atoms with Gasteiger partial charge in [-0.25, -0.2) is 17.2 Å². The van der Waals surface area contributed by atoms with Crippen LogP contribution in [0.2, 0.25) is 0 Å². The van der Waals surface area contributed by atoms with Gasteiger partial charge in [0.25, 0.3) is 0 Å². The van der Waals surface area contributed by atoms with Crippen LogP contribution in [-0.4, -0.2) is 31.5 Å². The molecule has 0 unspecified atom stereocenters. The number of piperidine rings is 1. The lowest BCUT2D eigenvalue weighted by molar-refractivity contribution is 0.316. The van der Waals surface area contributed by atoms with Gasteiger partial charge < -0.3 is 0 Å². The van der Waals surface area contributed by atoms with E-state index in [4.69, 9.17) is 4.99 Å². The predicted molar refractivity (Wildman–Crippen MR) is 121 cm³/mol. The van der Waals surface area contributed by atoms with E-state index in [-0.39, 0.29) is 17.6 Å². The normalized spacial score (nSPS) is 16.2. The van der Waals surface area contributed by atoms with Crippen LogP contribution in [0.25, 0.3) is 0 Å². The summed E-state index contributed by atoms with van der Waals surface area (Å²) >= 11 is 0. The van der Waals surface area contributed by atoms with Crippen LogP contribution in [0.1, 0.15) is 24.0 Å². The molecule has 1 heterocycles. The summed E-state index contributed by atoms with van der Waals surface area (Å²) in [6, 6.07) is 20.8. The van der Waals surface area contributed by atoms with Crippen molar-refractivity contribution in [2.24, 2.45) is 10.9 Å². The monoisotopic (exact) mass is 454 g/mol. The van der Waals surface area contributed by atoms with Crippen LogP contribution in [0.5, 0.6) is 0 Å². The molecule has 1 aliphatic rings. The van der Waals surface area contributed by atoms with Crippen molar-refractivity contribution in [3.8, 4) is 0 Å². The molecule has 4 rings (SSSR count). The summed E-state index contributed by atoms with van der Waals surface area (Å²) in [5.74, 6) is -0.581. The van der Waals surface area contributed by atoms with E-state index in [9.17, 15) is 17.2 Å². The van der Waals surface area contributed by atoms with E-state index in [1.807, 2.05) is 0 Å². The van der Waals surface area contributed by atoms with Gasteiger partial charge in [-0.05, 0) is 60.4 Å². The maximum absolute atomic E-state index is 13.5. The van der Waals surface area contributed by atoms with Gasteiger partial charge in [0.05, 0.1) is 11.4 Å². The predicted octanol–water partition coefficient (Wildman–Crippen LogP) is 5.06. The van der Waals surface area contributed by atoms with E-state index in [1.54, 1.807) is 54.6 Å². The first-order valence-corrected chi connectivity index (χ1v) is 12.0. The maximum Gasteiger partial charge on any atom is 0.243 e. The molecule has 1 fully saturated rings. The van der Waals surface area contributed by atoms with Crippen molar-refractivity contribution >= 4 is 15.7 Å². The van der Waals surface area contributed by atoms with E-state index < -0.39 is 10.0 Å². The molecular weight excluding hydrogens is 430 g/mol. The molecule has 1 saturated heterocycles. The fourth-order valence-electron chi connectivity index (χ4n) is 3.95. The number of benzene rings is 3. The first-order valence-electron chi connectivity index (χ1n) is 10.5. The summed E-state index contributed by atoms with van der Waals surface area (Å²) in [4.78, 5) is 5.09. The molecular formula is C25H24F2N2O2S. The molecule has 7 heteroatoms. The average Bonchev–Trinajstić information content (AvgIpc) is 2.82. The van der Waals surface area contributed by atoms with Crippen molar-refractivity contribution in [2.75, 3.05) is 13.1 Å². The van der Waals surface area contributed by atoms with E-state index in [0.717, 1.165) is 16.8 Å². The number of hydrogen-bond donors (Lipinski definition) is 0. The minimum Gasteiger partial charge on any atom is -0.284 e. The van der Waals surface area contributed by atoms with Crippen molar-refractivity contribution in [1.29, 1.82) is 0 Å². The highest BCUT2D eigenvalue weighted by atomic mass is 32.2. The lowest BCUT2D eigenvalue weighted by atomic mass is 9.88. The van der Waals surface area contributed by atoms with Gasteiger partial charge in [0.15, 0.2) is 0 Å². The summed E-state index contributed by atoms with van der Waals surface area (Å²) in [5.41, 5.74) is 2.51. The van der Waals surface area contributed by atoms with E-state index in [2.05, 4.69) is 0 Å². The Morgan fingerprint density at radius 1 is 0.844 bits per heavy atom. The minimum atomic E-state index is -3.53. The number of hydrogen-bond acceptors (Lipinski definition) is 3. The Morgan fingerprint density at radius 2 is 1.41 bits per heavy atom. The SMILES string of the molecule is O=S(=O)(c1ccccc1)N1CCC(/C(=N/Cc2ccc(F)cc2)c2ccc(F)cc2)CC1. The number of nitrogens with zero attached hydrogens (tertiary/aromatic N) is 2. The van der Waals surface area contributed by atoms with E-state index >= 15 is 0 Å². The number of rotatable bonds is 6. The second-order valence-corrected chi connectivity index (χ2v) is 9.76. The molecule has 4 nitrogen and oxygen atoms in total. The van der Waals surface area contributed by atoms with Gasteiger partial charge in [0.1, 0.15) is 11.6 Å². The van der Waals surface area contributed by atoms with Crippen molar-refractivity contribution < 1.29 is 17.2 Å². The Bertz CT molecular complexity index is 1170. The minimum absolute atomic E-state index is 0.0446. The van der Waals surface area contributed by atoms with E-state index in [0.29, 0.717) is 37.4 Å². The van der Waals surface area contributed by atoms with Crippen LogP contribution in [0.15, 0.2) is 88.8 Å². The summed E-state index contributed by atoms with van der Waals surface area (Å²) in [7, 11) is -3.53. The first-order chi connectivity index (χ1) is 15.4. The molecule has 0 atom stereocenters. The standard InChI is InChI=1S/C25H24F2N2O2S/c26-22-10-6-19(7-11-22)18-28-25(20-8-12-23(27)13-9-20)21-14-16-29(17-15-21)32(30,31)24-4-2-1-3-5-24/h1-13,21H,14-18H2/b28-25+.